The molecule has 3 aromatic carbocycles. The van der Waals surface area contributed by atoms with Crippen molar-refractivity contribution in [3.8, 4) is 17.2 Å². The molecular formula is C19H15ClFNO4S. The first-order valence-electron chi connectivity index (χ1n) is 7.78. The summed E-state index contributed by atoms with van der Waals surface area (Å²) in [4.78, 5) is -0.161. The molecule has 0 saturated carbocycles. The van der Waals surface area contributed by atoms with Crippen molar-refractivity contribution in [2.24, 2.45) is 0 Å². The highest BCUT2D eigenvalue weighted by Crippen LogP contribution is 2.34. The van der Waals surface area contributed by atoms with Gasteiger partial charge in [-0.05, 0) is 42.5 Å². The van der Waals surface area contributed by atoms with Crippen LogP contribution in [0.3, 0.4) is 0 Å². The second-order valence-electron chi connectivity index (χ2n) is 5.46. The van der Waals surface area contributed by atoms with Crippen LogP contribution in [0.2, 0.25) is 5.02 Å². The molecule has 0 atom stereocenters. The van der Waals surface area contributed by atoms with Crippen LogP contribution in [0.15, 0.2) is 71.6 Å². The maximum absolute atomic E-state index is 13.6. The minimum Gasteiger partial charge on any atom is -0.494 e. The molecule has 0 aliphatic rings. The van der Waals surface area contributed by atoms with E-state index in [0.717, 1.165) is 18.2 Å². The quantitative estimate of drug-likeness (QED) is 0.618. The van der Waals surface area contributed by atoms with Crippen LogP contribution in [0.25, 0.3) is 0 Å². The summed E-state index contributed by atoms with van der Waals surface area (Å²) >= 11 is 6.00. The third-order valence-corrected chi connectivity index (χ3v) is 5.19. The molecule has 0 aliphatic carbocycles. The lowest BCUT2D eigenvalue weighted by atomic mass is 10.3. The molecule has 0 saturated heterocycles. The fourth-order valence-corrected chi connectivity index (χ4v) is 3.55. The van der Waals surface area contributed by atoms with Crippen LogP contribution in [0.5, 0.6) is 17.2 Å². The van der Waals surface area contributed by atoms with Gasteiger partial charge in [-0.2, -0.15) is 0 Å². The predicted octanol–water partition coefficient (Wildman–Crippen LogP) is 5.08. The zero-order chi connectivity index (χ0) is 19.4. The minimum absolute atomic E-state index is 0.148. The van der Waals surface area contributed by atoms with Gasteiger partial charge in [-0.15, -0.1) is 0 Å². The van der Waals surface area contributed by atoms with Crippen LogP contribution in [0, 0.1) is 5.82 Å². The Labute approximate surface area is 161 Å². The van der Waals surface area contributed by atoms with Crippen molar-refractivity contribution in [1.82, 2.24) is 0 Å². The van der Waals surface area contributed by atoms with Gasteiger partial charge in [0.25, 0.3) is 10.0 Å². The van der Waals surface area contributed by atoms with E-state index in [0.29, 0.717) is 10.8 Å². The number of hydrogen-bond donors (Lipinski definition) is 1. The van der Waals surface area contributed by atoms with Crippen molar-refractivity contribution in [2.45, 2.75) is 4.90 Å². The highest BCUT2D eigenvalue weighted by atomic mass is 35.5. The highest BCUT2D eigenvalue weighted by Gasteiger charge is 2.19. The zero-order valence-corrected chi connectivity index (χ0v) is 15.7. The third kappa shape index (κ3) is 4.50. The SMILES string of the molecule is COc1cc(S(=O)(=O)Nc2cc(Cl)ccc2Oc2ccccc2)ccc1F. The maximum Gasteiger partial charge on any atom is 0.262 e. The predicted molar refractivity (Wildman–Crippen MR) is 102 cm³/mol. The average Bonchev–Trinajstić information content (AvgIpc) is 2.65. The summed E-state index contributed by atoms with van der Waals surface area (Å²) in [7, 11) is -2.77. The van der Waals surface area contributed by atoms with Crippen molar-refractivity contribution in [1.29, 1.82) is 0 Å². The van der Waals surface area contributed by atoms with E-state index in [9.17, 15) is 12.8 Å². The lowest BCUT2D eigenvalue weighted by Gasteiger charge is -2.14. The summed E-state index contributed by atoms with van der Waals surface area (Å²) in [6.07, 6.45) is 0. The van der Waals surface area contributed by atoms with Crippen molar-refractivity contribution in [2.75, 3.05) is 11.8 Å². The summed E-state index contributed by atoms with van der Waals surface area (Å²) in [5.41, 5.74) is 0.148. The van der Waals surface area contributed by atoms with E-state index in [1.807, 2.05) is 6.07 Å². The first-order chi connectivity index (χ1) is 12.9. The number of halogens is 2. The Morgan fingerprint density at radius 2 is 1.70 bits per heavy atom. The van der Waals surface area contributed by atoms with Gasteiger partial charge in [0.2, 0.25) is 0 Å². The molecule has 0 spiro atoms. The Bertz CT molecular complexity index is 1060. The minimum atomic E-state index is -4.03. The maximum atomic E-state index is 13.6. The fourth-order valence-electron chi connectivity index (χ4n) is 2.30. The van der Waals surface area contributed by atoms with E-state index >= 15 is 0 Å². The number of methoxy groups -OCH3 is 1. The summed E-state index contributed by atoms with van der Waals surface area (Å²) in [6.45, 7) is 0. The smallest absolute Gasteiger partial charge is 0.262 e. The van der Waals surface area contributed by atoms with Crippen LogP contribution >= 0.6 is 11.6 Å². The van der Waals surface area contributed by atoms with E-state index in [1.165, 1.54) is 13.2 Å². The number of para-hydroxylation sites is 1. The van der Waals surface area contributed by atoms with Crippen molar-refractivity contribution < 1.29 is 22.3 Å². The summed E-state index contributed by atoms with van der Waals surface area (Å²) in [5, 5.41) is 0.324. The topological polar surface area (TPSA) is 64.6 Å². The van der Waals surface area contributed by atoms with E-state index in [1.54, 1.807) is 36.4 Å². The van der Waals surface area contributed by atoms with Crippen molar-refractivity contribution >= 4 is 27.3 Å². The van der Waals surface area contributed by atoms with Gasteiger partial charge in [0, 0.05) is 11.1 Å². The second kappa shape index (κ2) is 7.85. The molecule has 8 heteroatoms. The molecule has 0 heterocycles. The van der Waals surface area contributed by atoms with Crippen LogP contribution in [-0.4, -0.2) is 15.5 Å². The van der Waals surface area contributed by atoms with Crippen LogP contribution in [0.1, 0.15) is 0 Å². The monoisotopic (exact) mass is 407 g/mol. The molecule has 0 aromatic heterocycles. The lowest BCUT2D eigenvalue weighted by molar-refractivity contribution is 0.385. The molecule has 0 unspecified atom stereocenters. The fraction of sp³-hybridized carbons (Fsp3) is 0.0526. The van der Waals surface area contributed by atoms with E-state index in [2.05, 4.69) is 4.72 Å². The van der Waals surface area contributed by atoms with Gasteiger partial charge >= 0.3 is 0 Å². The van der Waals surface area contributed by atoms with Gasteiger partial charge in [0.15, 0.2) is 17.3 Å². The number of rotatable bonds is 6. The lowest BCUT2D eigenvalue weighted by Crippen LogP contribution is -2.14. The van der Waals surface area contributed by atoms with Crippen LogP contribution < -0.4 is 14.2 Å². The van der Waals surface area contributed by atoms with Crippen LogP contribution in [-0.2, 0) is 10.0 Å². The van der Waals surface area contributed by atoms with Crippen molar-refractivity contribution in [3.63, 3.8) is 0 Å². The Morgan fingerprint density at radius 1 is 0.963 bits per heavy atom. The van der Waals surface area contributed by atoms with Crippen LogP contribution in [0.4, 0.5) is 10.1 Å². The van der Waals surface area contributed by atoms with Gasteiger partial charge in [0.1, 0.15) is 5.75 Å². The van der Waals surface area contributed by atoms with E-state index in [4.69, 9.17) is 21.1 Å². The number of ether oxygens (including phenoxy) is 2. The second-order valence-corrected chi connectivity index (χ2v) is 7.58. The Morgan fingerprint density at radius 3 is 2.41 bits per heavy atom. The molecule has 0 aliphatic heterocycles. The van der Waals surface area contributed by atoms with E-state index in [-0.39, 0.29) is 22.1 Å². The molecule has 3 rings (SSSR count). The van der Waals surface area contributed by atoms with Gasteiger partial charge in [-0.25, -0.2) is 12.8 Å². The molecule has 0 bridgehead atoms. The number of sulfonamides is 1. The normalized spacial score (nSPS) is 11.1. The molecule has 0 fully saturated rings. The third-order valence-electron chi connectivity index (χ3n) is 3.59. The standard InChI is InChI=1S/C19H15ClFNO4S/c1-25-19-12-15(8-9-16(19)21)27(23,24)22-17-11-13(20)7-10-18(17)26-14-5-3-2-4-6-14/h2-12,22H,1H3. The molecule has 1 N–H and O–H groups in total. The molecule has 0 radical (unpaired) electrons. The summed E-state index contributed by atoms with van der Waals surface area (Å²) in [6, 6.07) is 16.7. The molecular weight excluding hydrogens is 393 g/mol. The highest BCUT2D eigenvalue weighted by molar-refractivity contribution is 7.92. The Balaban J connectivity index is 1.95. The van der Waals surface area contributed by atoms with Gasteiger partial charge in [-0.3, -0.25) is 4.72 Å². The van der Waals surface area contributed by atoms with E-state index < -0.39 is 15.8 Å². The molecule has 3 aromatic rings. The Hall–Kier alpha value is -2.77. The summed E-state index contributed by atoms with van der Waals surface area (Å²) in [5.74, 6) is -0.0380. The number of benzene rings is 3. The summed E-state index contributed by atoms with van der Waals surface area (Å²) < 4.78 is 52.0. The van der Waals surface area contributed by atoms with Crippen molar-refractivity contribution in [3.05, 3.63) is 77.6 Å². The molecule has 5 nitrogen and oxygen atoms in total. The first kappa shape index (κ1) is 19.0. The number of nitrogens with one attached hydrogen (secondary N) is 1. The Kier molecular flexibility index (Phi) is 5.53. The largest absolute Gasteiger partial charge is 0.494 e. The average molecular weight is 408 g/mol. The van der Waals surface area contributed by atoms with Gasteiger partial charge < -0.3 is 9.47 Å². The number of hydrogen-bond acceptors (Lipinski definition) is 4. The van der Waals surface area contributed by atoms with Gasteiger partial charge in [-0.1, -0.05) is 29.8 Å². The zero-order valence-electron chi connectivity index (χ0n) is 14.1. The molecule has 140 valence electrons. The first-order valence-corrected chi connectivity index (χ1v) is 9.64. The molecule has 27 heavy (non-hydrogen) atoms. The van der Waals surface area contributed by atoms with Gasteiger partial charge in [0.05, 0.1) is 17.7 Å². The number of anilines is 1. The molecule has 0 amide bonds.